The van der Waals surface area contributed by atoms with Gasteiger partial charge in [0.1, 0.15) is 0 Å². The van der Waals surface area contributed by atoms with Gasteiger partial charge in [0.15, 0.2) is 0 Å². The second kappa shape index (κ2) is 12.6. The van der Waals surface area contributed by atoms with Gasteiger partial charge in [-0.1, -0.05) is 72.9 Å². The lowest BCUT2D eigenvalue weighted by Gasteiger charge is -2.30. The van der Waals surface area contributed by atoms with E-state index in [0.29, 0.717) is 0 Å². The fraction of sp³-hybridized carbons (Fsp3) is 0.200. The Balaban J connectivity index is 1.30. The van der Waals surface area contributed by atoms with Crippen molar-refractivity contribution in [1.82, 2.24) is 0 Å². The first kappa shape index (κ1) is 28.4. The smallest absolute Gasteiger partial charge is 0.0633 e. The number of rotatable bonds is 8. The van der Waals surface area contributed by atoms with Crippen LogP contribution in [0.3, 0.4) is 0 Å². The number of benzene rings is 4. The molecule has 4 aromatic rings. The minimum absolute atomic E-state index is 1.04. The molecule has 216 valence electrons. The van der Waals surface area contributed by atoms with E-state index in [1.165, 1.54) is 50.2 Å². The summed E-state index contributed by atoms with van der Waals surface area (Å²) in [6, 6.07) is 26.6. The number of fused-ring (bicyclic) bond motifs is 1. The van der Waals surface area contributed by atoms with Crippen LogP contribution in [0.5, 0.6) is 0 Å². The average Bonchev–Trinajstić information content (AvgIpc) is 3.02. The van der Waals surface area contributed by atoms with Gasteiger partial charge in [-0.25, -0.2) is 0 Å². The van der Waals surface area contributed by atoms with Gasteiger partial charge in [-0.15, -0.1) is 0 Å². The molecular formula is C40H41N3. The second-order valence-electron chi connectivity index (χ2n) is 11.6. The maximum Gasteiger partial charge on any atom is 0.0633 e. The zero-order valence-electron chi connectivity index (χ0n) is 25.7. The van der Waals surface area contributed by atoms with Crippen LogP contribution in [0, 0.1) is 20.8 Å². The Morgan fingerprint density at radius 1 is 0.744 bits per heavy atom. The third-order valence-electron chi connectivity index (χ3n) is 8.36. The summed E-state index contributed by atoms with van der Waals surface area (Å²) in [6.07, 6.45) is 19.9. The van der Waals surface area contributed by atoms with Gasteiger partial charge in [-0.3, -0.25) is 10.4 Å². The molecule has 4 aromatic carbocycles. The van der Waals surface area contributed by atoms with Gasteiger partial charge in [0, 0.05) is 11.4 Å². The molecule has 3 heteroatoms. The van der Waals surface area contributed by atoms with Gasteiger partial charge >= 0.3 is 0 Å². The molecule has 2 N–H and O–H groups in total. The topological polar surface area (TPSA) is 27.3 Å². The van der Waals surface area contributed by atoms with Crippen molar-refractivity contribution in [2.75, 3.05) is 15.8 Å². The van der Waals surface area contributed by atoms with Gasteiger partial charge in [-0.05, 0) is 140 Å². The van der Waals surface area contributed by atoms with Crippen molar-refractivity contribution in [3.05, 3.63) is 142 Å². The standard InChI is InChI=1S/C40H41N3/c1-5-12-32-20-19-28(2)25-40(32)42-43(34-15-7-6-8-16-34)35-22-24-37(30(4)27-35)36-23-21-33(26-29(36)3)41-39-18-11-14-31-13-9-10-17-38(31)39/h5,7,9,11-16,18-27,41-42H,6,8,10,17H2,1-4H3/b12-5-. The fourth-order valence-corrected chi connectivity index (χ4v) is 6.14. The molecule has 0 saturated carbocycles. The molecule has 0 radical (unpaired) electrons. The number of hydrogen-bond acceptors (Lipinski definition) is 3. The number of aryl methyl sites for hydroxylation is 3. The Bertz CT molecular complexity index is 1770. The molecule has 0 atom stereocenters. The van der Waals surface area contributed by atoms with Gasteiger partial charge in [0.25, 0.3) is 0 Å². The Labute approximate surface area is 257 Å². The summed E-state index contributed by atoms with van der Waals surface area (Å²) in [5, 5.41) is 5.93. The van der Waals surface area contributed by atoms with Crippen molar-refractivity contribution in [3.8, 4) is 11.1 Å². The summed E-state index contributed by atoms with van der Waals surface area (Å²) in [5.41, 5.74) is 19.6. The first-order chi connectivity index (χ1) is 21.0. The average molecular weight is 564 g/mol. The molecule has 0 bridgehead atoms. The lowest BCUT2D eigenvalue weighted by atomic mass is 9.94. The van der Waals surface area contributed by atoms with E-state index in [9.17, 15) is 0 Å². The molecule has 0 unspecified atom stereocenters. The van der Waals surface area contributed by atoms with E-state index in [1.807, 2.05) is 0 Å². The quantitative estimate of drug-likeness (QED) is 0.209. The van der Waals surface area contributed by atoms with Gasteiger partial charge in [-0.2, -0.15) is 0 Å². The SMILES string of the molecule is C/C=C\c1ccc(C)cc1NN(C1=CCCC=C1)c1ccc(-c2ccc(Nc3cccc4c3CCC=C4)cc2C)c(C)c1. The normalized spacial score (nSPS) is 14.0. The number of hydrogen-bond donors (Lipinski definition) is 2. The molecule has 0 aliphatic heterocycles. The first-order valence-corrected chi connectivity index (χ1v) is 15.4. The summed E-state index contributed by atoms with van der Waals surface area (Å²) < 4.78 is 0. The summed E-state index contributed by atoms with van der Waals surface area (Å²) >= 11 is 0. The monoisotopic (exact) mass is 563 g/mol. The van der Waals surface area contributed by atoms with Crippen LogP contribution in [0.1, 0.15) is 59.6 Å². The third-order valence-corrected chi connectivity index (χ3v) is 8.36. The summed E-state index contributed by atoms with van der Waals surface area (Å²) in [5.74, 6) is 0. The molecule has 0 aromatic heterocycles. The molecule has 0 fully saturated rings. The predicted molar refractivity (Wildman–Crippen MR) is 187 cm³/mol. The van der Waals surface area contributed by atoms with E-state index in [2.05, 4.69) is 159 Å². The molecule has 2 aliphatic carbocycles. The van der Waals surface area contributed by atoms with Crippen LogP contribution in [0.25, 0.3) is 23.3 Å². The van der Waals surface area contributed by atoms with Crippen LogP contribution in [-0.4, -0.2) is 0 Å². The van der Waals surface area contributed by atoms with Crippen molar-refractivity contribution in [3.63, 3.8) is 0 Å². The van der Waals surface area contributed by atoms with Crippen molar-refractivity contribution < 1.29 is 0 Å². The number of anilines is 4. The highest BCUT2D eigenvalue weighted by molar-refractivity contribution is 5.79. The van der Waals surface area contributed by atoms with E-state index in [1.54, 1.807) is 0 Å². The second-order valence-corrected chi connectivity index (χ2v) is 11.6. The zero-order valence-corrected chi connectivity index (χ0v) is 25.7. The van der Waals surface area contributed by atoms with E-state index >= 15 is 0 Å². The van der Waals surface area contributed by atoms with Gasteiger partial charge in [0.05, 0.1) is 17.1 Å². The van der Waals surface area contributed by atoms with E-state index in [4.69, 9.17) is 0 Å². The Morgan fingerprint density at radius 3 is 2.33 bits per heavy atom. The van der Waals surface area contributed by atoms with Crippen LogP contribution in [0.4, 0.5) is 22.7 Å². The van der Waals surface area contributed by atoms with Crippen LogP contribution in [0.2, 0.25) is 0 Å². The molecular weight excluding hydrogens is 522 g/mol. The molecule has 0 amide bonds. The number of nitrogens with zero attached hydrogens (tertiary/aromatic N) is 1. The molecule has 3 nitrogen and oxygen atoms in total. The van der Waals surface area contributed by atoms with Crippen molar-refractivity contribution in [1.29, 1.82) is 0 Å². The highest BCUT2D eigenvalue weighted by Gasteiger charge is 2.16. The third kappa shape index (κ3) is 6.22. The Kier molecular flexibility index (Phi) is 8.33. The van der Waals surface area contributed by atoms with Crippen LogP contribution in [-0.2, 0) is 6.42 Å². The van der Waals surface area contributed by atoms with Crippen molar-refractivity contribution in [2.24, 2.45) is 0 Å². The van der Waals surface area contributed by atoms with Crippen LogP contribution in [0.15, 0.2) is 109 Å². The largest absolute Gasteiger partial charge is 0.355 e. The first-order valence-electron chi connectivity index (χ1n) is 15.4. The lowest BCUT2D eigenvalue weighted by molar-refractivity contribution is 0.976. The molecule has 43 heavy (non-hydrogen) atoms. The molecule has 0 heterocycles. The van der Waals surface area contributed by atoms with Crippen LogP contribution >= 0.6 is 0 Å². The van der Waals surface area contributed by atoms with E-state index in [0.717, 1.165) is 48.4 Å². The molecule has 0 spiro atoms. The number of nitrogens with one attached hydrogen (secondary N) is 2. The van der Waals surface area contributed by atoms with E-state index < -0.39 is 0 Å². The molecule has 2 aliphatic rings. The summed E-state index contributed by atoms with van der Waals surface area (Å²) in [4.78, 5) is 0. The zero-order chi connectivity index (χ0) is 29.8. The fourth-order valence-electron chi connectivity index (χ4n) is 6.14. The number of allylic oxidation sites excluding steroid dienone is 5. The highest BCUT2D eigenvalue weighted by Crippen LogP contribution is 2.35. The summed E-state index contributed by atoms with van der Waals surface area (Å²) in [6.45, 7) is 8.63. The lowest BCUT2D eigenvalue weighted by Crippen LogP contribution is -2.29. The van der Waals surface area contributed by atoms with Gasteiger partial charge in [0.2, 0.25) is 0 Å². The highest BCUT2D eigenvalue weighted by atomic mass is 15.5. The predicted octanol–water partition coefficient (Wildman–Crippen LogP) is 11.1. The minimum Gasteiger partial charge on any atom is -0.355 e. The van der Waals surface area contributed by atoms with Crippen LogP contribution < -0.4 is 15.8 Å². The number of hydrazine groups is 1. The maximum atomic E-state index is 3.76. The van der Waals surface area contributed by atoms with Crippen molar-refractivity contribution in [2.45, 2.75) is 53.4 Å². The minimum atomic E-state index is 1.04. The summed E-state index contributed by atoms with van der Waals surface area (Å²) in [7, 11) is 0. The van der Waals surface area contributed by atoms with Crippen molar-refractivity contribution >= 4 is 34.9 Å². The van der Waals surface area contributed by atoms with Gasteiger partial charge < -0.3 is 5.32 Å². The molecule has 0 saturated heterocycles. The molecule has 6 rings (SSSR count). The Hall–Kier alpha value is -4.76. The van der Waals surface area contributed by atoms with E-state index in [-0.39, 0.29) is 0 Å². The maximum absolute atomic E-state index is 3.76. The Morgan fingerprint density at radius 2 is 1.56 bits per heavy atom.